The molecule has 1 aromatic carbocycles. The molecule has 1 aromatic heterocycles. The maximum absolute atomic E-state index is 13.6. The van der Waals surface area contributed by atoms with E-state index in [4.69, 9.17) is 5.26 Å². The average molecular weight is 396 g/mol. The van der Waals surface area contributed by atoms with Gasteiger partial charge >= 0.3 is 0 Å². The fourth-order valence-corrected chi connectivity index (χ4v) is 3.56. The maximum Gasteiger partial charge on any atom is 0.251 e. The number of amides is 2. The number of carbonyl (C=O) groups is 2. The molecule has 2 aromatic rings. The van der Waals surface area contributed by atoms with Crippen molar-refractivity contribution in [3.63, 3.8) is 0 Å². The standard InChI is InChI=1S/C21H21FN4O3/c1-26(12-13-3-2-4-24-11-13)21(29)16-8-18(19(27)9-16)25-20(28)15-5-14(10-23)6-17(22)7-15/h2-7,11,16,18-19,27H,8-9,12H2,1H3,(H,25,28)/t16-,18-,19-/m0/s1. The van der Waals surface area contributed by atoms with Crippen LogP contribution in [0.25, 0.3) is 0 Å². The SMILES string of the molecule is CN(Cc1cccnc1)C(=O)[C@H]1C[C@H](NC(=O)c2cc(F)cc(C#N)c2)[C@@H](O)C1. The number of nitrogens with zero attached hydrogens (tertiary/aromatic N) is 3. The zero-order valence-electron chi connectivity index (χ0n) is 15.9. The molecule has 3 rings (SSSR count). The van der Waals surface area contributed by atoms with Crippen molar-refractivity contribution in [2.45, 2.75) is 31.5 Å². The zero-order chi connectivity index (χ0) is 21.0. The Bertz CT molecular complexity index is 945. The van der Waals surface area contributed by atoms with Gasteiger partial charge in [0.2, 0.25) is 5.91 Å². The molecule has 1 saturated carbocycles. The van der Waals surface area contributed by atoms with Crippen molar-refractivity contribution in [2.24, 2.45) is 5.92 Å². The first-order chi connectivity index (χ1) is 13.9. The Hall–Kier alpha value is -3.31. The summed E-state index contributed by atoms with van der Waals surface area (Å²) in [5, 5.41) is 21.9. The van der Waals surface area contributed by atoms with Gasteiger partial charge in [-0.3, -0.25) is 14.6 Å². The van der Waals surface area contributed by atoms with Crippen molar-refractivity contribution in [1.82, 2.24) is 15.2 Å². The summed E-state index contributed by atoms with van der Waals surface area (Å²) in [6.45, 7) is 0.399. The minimum atomic E-state index is -0.885. The number of aliphatic hydroxyl groups is 1. The van der Waals surface area contributed by atoms with Crippen LogP contribution in [0.1, 0.15) is 34.3 Å². The summed E-state index contributed by atoms with van der Waals surface area (Å²) in [6, 6.07) is 8.18. The third-order valence-corrected chi connectivity index (χ3v) is 5.00. The van der Waals surface area contributed by atoms with E-state index in [0.717, 1.165) is 17.7 Å². The summed E-state index contributed by atoms with van der Waals surface area (Å²) in [5.41, 5.74) is 0.926. The monoisotopic (exact) mass is 396 g/mol. The third kappa shape index (κ3) is 4.95. The van der Waals surface area contributed by atoms with E-state index in [9.17, 15) is 19.1 Å². The molecular formula is C21H21FN4O3. The largest absolute Gasteiger partial charge is 0.391 e. The fraction of sp³-hybridized carbons (Fsp3) is 0.333. The van der Waals surface area contributed by atoms with E-state index in [1.807, 2.05) is 6.07 Å². The number of carbonyl (C=O) groups excluding carboxylic acids is 2. The van der Waals surface area contributed by atoms with Gasteiger partial charge in [-0.05, 0) is 42.7 Å². The molecule has 8 heteroatoms. The minimum Gasteiger partial charge on any atom is -0.391 e. The molecule has 0 radical (unpaired) electrons. The molecule has 1 aliphatic carbocycles. The van der Waals surface area contributed by atoms with Crippen molar-refractivity contribution in [1.29, 1.82) is 5.26 Å². The second-order valence-electron chi connectivity index (χ2n) is 7.21. The van der Waals surface area contributed by atoms with Crippen molar-refractivity contribution in [3.8, 4) is 6.07 Å². The number of benzene rings is 1. The van der Waals surface area contributed by atoms with E-state index in [1.165, 1.54) is 6.07 Å². The molecule has 0 spiro atoms. The van der Waals surface area contributed by atoms with Gasteiger partial charge in [0, 0.05) is 37.5 Å². The number of halogens is 1. The smallest absolute Gasteiger partial charge is 0.251 e. The number of rotatable bonds is 5. The lowest BCUT2D eigenvalue weighted by atomic mass is 10.1. The lowest BCUT2D eigenvalue weighted by Gasteiger charge is -2.21. The highest BCUT2D eigenvalue weighted by Gasteiger charge is 2.38. The molecule has 0 aliphatic heterocycles. The van der Waals surface area contributed by atoms with Crippen LogP contribution in [0, 0.1) is 23.1 Å². The summed E-state index contributed by atoms with van der Waals surface area (Å²) >= 11 is 0. The molecule has 0 bridgehead atoms. The number of nitrogens with one attached hydrogen (secondary N) is 1. The molecule has 1 aliphatic rings. The predicted octanol–water partition coefficient (Wildman–Crippen LogP) is 1.62. The van der Waals surface area contributed by atoms with E-state index >= 15 is 0 Å². The minimum absolute atomic E-state index is 0.00257. The van der Waals surface area contributed by atoms with Gasteiger partial charge in [0.15, 0.2) is 0 Å². The lowest BCUT2D eigenvalue weighted by Crippen LogP contribution is -2.40. The summed E-state index contributed by atoms with van der Waals surface area (Å²) in [4.78, 5) is 30.7. The molecule has 2 amide bonds. The molecule has 150 valence electrons. The van der Waals surface area contributed by atoms with Crippen molar-refractivity contribution in [3.05, 3.63) is 65.2 Å². The highest BCUT2D eigenvalue weighted by atomic mass is 19.1. The van der Waals surface area contributed by atoms with Gasteiger partial charge in [-0.15, -0.1) is 0 Å². The van der Waals surface area contributed by atoms with Gasteiger partial charge in [-0.1, -0.05) is 6.07 Å². The Morgan fingerprint density at radius 2 is 2.17 bits per heavy atom. The highest BCUT2D eigenvalue weighted by molar-refractivity contribution is 5.95. The Morgan fingerprint density at radius 3 is 2.86 bits per heavy atom. The summed E-state index contributed by atoms with van der Waals surface area (Å²) in [5.74, 6) is -1.84. The van der Waals surface area contributed by atoms with Crippen LogP contribution in [-0.4, -0.2) is 46.0 Å². The molecule has 1 fully saturated rings. The Morgan fingerprint density at radius 1 is 1.38 bits per heavy atom. The van der Waals surface area contributed by atoms with E-state index < -0.39 is 29.8 Å². The van der Waals surface area contributed by atoms with Crippen molar-refractivity contribution < 1.29 is 19.1 Å². The molecule has 0 saturated heterocycles. The summed E-state index contributed by atoms with van der Waals surface area (Å²) < 4.78 is 13.6. The van der Waals surface area contributed by atoms with Gasteiger partial charge in [0.05, 0.1) is 23.8 Å². The van der Waals surface area contributed by atoms with E-state index in [0.29, 0.717) is 6.54 Å². The van der Waals surface area contributed by atoms with Crippen LogP contribution in [0.5, 0.6) is 0 Å². The van der Waals surface area contributed by atoms with Crippen LogP contribution >= 0.6 is 0 Å². The predicted molar refractivity (Wildman–Crippen MR) is 102 cm³/mol. The maximum atomic E-state index is 13.6. The topological polar surface area (TPSA) is 106 Å². The summed E-state index contributed by atoms with van der Waals surface area (Å²) in [6.07, 6.45) is 2.97. The molecule has 0 unspecified atom stereocenters. The molecular weight excluding hydrogens is 375 g/mol. The molecule has 2 N–H and O–H groups in total. The average Bonchev–Trinajstić information content (AvgIpc) is 3.07. The van der Waals surface area contributed by atoms with Gasteiger partial charge in [0.1, 0.15) is 5.82 Å². The fourth-order valence-electron chi connectivity index (χ4n) is 3.56. The number of nitriles is 1. The number of pyridine rings is 1. The van der Waals surface area contributed by atoms with Gasteiger partial charge in [-0.2, -0.15) is 5.26 Å². The van der Waals surface area contributed by atoms with Crippen LogP contribution < -0.4 is 5.32 Å². The van der Waals surface area contributed by atoms with E-state index in [-0.39, 0.29) is 29.9 Å². The zero-order valence-corrected chi connectivity index (χ0v) is 15.9. The van der Waals surface area contributed by atoms with Gasteiger partial charge in [-0.25, -0.2) is 4.39 Å². The number of hydrogen-bond donors (Lipinski definition) is 2. The third-order valence-electron chi connectivity index (χ3n) is 5.00. The van der Waals surface area contributed by atoms with E-state index in [2.05, 4.69) is 10.3 Å². The Kier molecular flexibility index (Phi) is 6.20. The van der Waals surface area contributed by atoms with E-state index in [1.54, 1.807) is 36.5 Å². The summed E-state index contributed by atoms with van der Waals surface area (Å²) in [7, 11) is 1.68. The molecule has 1 heterocycles. The first kappa shape index (κ1) is 20.4. The Balaban J connectivity index is 1.62. The second kappa shape index (κ2) is 8.80. The van der Waals surface area contributed by atoms with Crippen molar-refractivity contribution >= 4 is 11.8 Å². The van der Waals surface area contributed by atoms with Crippen molar-refractivity contribution in [2.75, 3.05) is 7.05 Å². The first-order valence-electron chi connectivity index (χ1n) is 9.21. The van der Waals surface area contributed by atoms with Gasteiger partial charge < -0.3 is 15.3 Å². The quantitative estimate of drug-likeness (QED) is 0.799. The normalized spacial score (nSPS) is 20.7. The number of hydrogen-bond acceptors (Lipinski definition) is 5. The van der Waals surface area contributed by atoms with Crippen LogP contribution in [0.3, 0.4) is 0 Å². The van der Waals surface area contributed by atoms with Gasteiger partial charge in [0.25, 0.3) is 5.91 Å². The Labute approximate surface area is 167 Å². The van der Waals surface area contributed by atoms with Crippen LogP contribution in [0.4, 0.5) is 4.39 Å². The highest BCUT2D eigenvalue weighted by Crippen LogP contribution is 2.28. The first-order valence-corrected chi connectivity index (χ1v) is 9.21. The lowest BCUT2D eigenvalue weighted by molar-refractivity contribution is -0.134. The van der Waals surface area contributed by atoms with Crippen LogP contribution in [-0.2, 0) is 11.3 Å². The second-order valence-corrected chi connectivity index (χ2v) is 7.21. The number of aromatic nitrogens is 1. The molecule has 29 heavy (non-hydrogen) atoms. The molecule has 3 atom stereocenters. The van der Waals surface area contributed by atoms with Crippen LogP contribution in [0.15, 0.2) is 42.7 Å². The van der Waals surface area contributed by atoms with Crippen LogP contribution in [0.2, 0.25) is 0 Å². The number of aliphatic hydroxyl groups excluding tert-OH is 1. The molecule has 7 nitrogen and oxygen atoms in total.